The van der Waals surface area contributed by atoms with Gasteiger partial charge < -0.3 is 10.1 Å². The van der Waals surface area contributed by atoms with Crippen LogP contribution in [0.1, 0.15) is 38.5 Å². The fourth-order valence-corrected chi connectivity index (χ4v) is 3.89. The second-order valence-electron chi connectivity index (χ2n) is 5.97. The number of halogens is 2. The van der Waals surface area contributed by atoms with E-state index < -0.39 is 11.5 Å². The van der Waals surface area contributed by atoms with Gasteiger partial charge in [-0.3, -0.25) is 9.59 Å². The van der Waals surface area contributed by atoms with E-state index in [9.17, 15) is 9.59 Å². The van der Waals surface area contributed by atoms with E-state index in [4.69, 9.17) is 27.9 Å². The highest BCUT2D eigenvalue weighted by molar-refractivity contribution is 6.36. The molecule has 1 amide bonds. The number of ether oxygens (including phenoxy) is 1. The Morgan fingerprint density at radius 1 is 1.23 bits per heavy atom. The largest absolute Gasteiger partial charge is 0.458 e. The summed E-state index contributed by atoms with van der Waals surface area (Å²) < 4.78 is 5.56. The van der Waals surface area contributed by atoms with Crippen LogP contribution in [0.3, 0.4) is 0 Å². The molecular formula is C16H17Cl2NO3. The molecule has 2 fully saturated rings. The van der Waals surface area contributed by atoms with Gasteiger partial charge in [0.25, 0.3) is 0 Å². The molecule has 1 saturated heterocycles. The van der Waals surface area contributed by atoms with Crippen LogP contribution in [0.15, 0.2) is 18.2 Å². The Morgan fingerprint density at radius 2 is 1.95 bits per heavy atom. The molecule has 2 aliphatic rings. The van der Waals surface area contributed by atoms with Crippen molar-refractivity contribution in [3.63, 3.8) is 0 Å². The van der Waals surface area contributed by atoms with Crippen molar-refractivity contribution in [3.05, 3.63) is 28.2 Å². The number of nitrogens with one attached hydrogen (secondary N) is 1. The van der Waals surface area contributed by atoms with Crippen LogP contribution in [-0.2, 0) is 14.3 Å². The van der Waals surface area contributed by atoms with Crippen molar-refractivity contribution in [3.8, 4) is 0 Å². The summed E-state index contributed by atoms with van der Waals surface area (Å²) in [5.41, 5.74) is -0.125. The Bertz CT molecular complexity index is 611. The second-order valence-corrected chi connectivity index (χ2v) is 6.81. The molecule has 1 N–H and O–H groups in total. The normalized spacial score (nSPS) is 23.4. The Balaban J connectivity index is 1.79. The molecule has 1 aromatic rings. The lowest BCUT2D eigenvalue weighted by Gasteiger charge is -2.36. The number of benzene rings is 1. The number of hydrogen-bond donors (Lipinski definition) is 1. The fraction of sp³-hybridized carbons (Fsp3) is 0.500. The van der Waals surface area contributed by atoms with Gasteiger partial charge in [-0.25, -0.2) is 0 Å². The van der Waals surface area contributed by atoms with E-state index in [1.807, 2.05) is 0 Å². The summed E-state index contributed by atoms with van der Waals surface area (Å²) in [5.74, 6) is -0.951. The van der Waals surface area contributed by atoms with Crippen LogP contribution in [0.2, 0.25) is 10.0 Å². The van der Waals surface area contributed by atoms with Crippen LogP contribution < -0.4 is 5.32 Å². The summed E-state index contributed by atoms with van der Waals surface area (Å²) in [7, 11) is 0. The molecule has 1 unspecified atom stereocenters. The minimum Gasteiger partial charge on any atom is -0.458 e. The van der Waals surface area contributed by atoms with Crippen molar-refractivity contribution in [2.24, 2.45) is 5.92 Å². The third kappa shape index (κ3) is 2.95. The van der Waals surface area contributed by atoms with Gasteiger partial charge >= 0.3 is 5.97 Å². The van der Waals surface area contributed by atoms with Gasteiger partial charge in [-0.1, -0.05) is 29.6 Å². The summed E-state index contributed by atoms with van der Waals surface area (Å²) >= 11 is 11.9. The quantitative estimate of drug-likeness (QED) is 0.820. The number of carbonyl (C=O) groups excluding carboxylic acids is 2. The fourth-order valence-electron chi connectivity index (χ4n) is 3.44. The molecular weight excluding hydrogens is 325 g/mol. The topological polar surface area (TPSA) is 55.4 Å². The third-order valence-corrected chi connectivity index (χ3v) is 5.08. The van der Waals surface area contributed by atoms with Crippen LogP contribution in [0.4, 0.5) is 5.69 Å². The zero-order chi connectivity index (χ0) is 15.7. The molecule has 1 heterocycles. The van der Waals surface area contributed by atoms with E-state index in [0.717, 1.165) is 32.1 Å². The molecule has 1 aliphatic heterocycles. The highest BCUT2D eigenvalue weighted by Gasteiger charge is 2.52. The number of carbonyl (C=O) groups is 2. The summed E-state index contributed by atoms with van der Waals surface area (Å²) in [6.45, 7) is 0. The molecule has 0 aromatic heterocycles. The standard InChI is InChI=1S/C16H17Cl2NO3/c17-10-4-5-13(12(18)8-10)19-15(21)11-9-14(20)22-16(11)6-2-1-3-7-16/h4-5,8,11H,1-3,6-7,9H2,(H,19,21). The van der Waals surface area contributed by atoms with Crippen molar-refractivity contribution in [1.29, 1.82) is 0 Å². The lowest BCUT2D eigenvalue weighted by atomic mass is 9.75. The van der Waals surface area contributed by atoms with Crippen molar-refractivity contribution in [1.82, 2.24) is 0 Å². The summed E-state index contributed by atoms with van der Waals surface area (Å²) in [6, 6.07) is 4.90. The summed E-state index contributed by atoms with van der Waals surface area (Å²) in [4.78, 5) is 24.4. The average Bonchev–Trinajstić information content (AvgIpc) is 2.79. The number of rotatable bonds is 2. The number of hydrogen-bond acceptors (Lipinski definition) is 3. The molecule has 4 nitrogen and oxygen atoms in total. The van der Waals surface area contributed by atoms with Crippen molar-refractivity contribution < 1.29 is 14.3 Å². The molecule has 1 aliphatic carbocycles. The molecule has 118 valence electrons. The minimum atomic E-state index is -0.627. The number of esters is 1. The van der Waals surface area contributed by atoms with Crippen LogP contribution in [-0.4, -0.2) is 17.5 Å². The van der Waals surface area contributed by atoms with Crippen LogP contribution in [0, 0.1) is 5.92 Å². The van der Waals surface area contributed by atoms with Gasteiger partial charge in [-0.2, -0.15) is 0 Å². The van der Waals surface area contributed by atoms with Crippen molar-refractivity contribution in [2.45, 2.75) is 44.1 Å². The summed E-state index contributed by atoms with van der Waals surface area (Å²) in [5, 5.41) is 3.69. The maximum atomic E-state index is 12.6. The molecule has 22 heavy (non-hydrogen) atoms. The maximum absolute atomic E-state index is 12.6. The zero-order valence-corrected chi connectivity index (χ0v) is 13.5. The number of anilines is 1. The molecule has 1 aromatic carbocycles. The first-order valence-electron chi connectivity index (χ1n) is 7.48. The molecule has 6 heteroatoms. The molecule has 0 bridgehead atoms. The first kappa shape index (κ1) is 15.6. The Labute approximate surface area is 139 Å². The Hall–Kier alpha value is -1.26. The highest BCUT2D eigenvalue weighted by atomic mass is 35.5. The third-order valence-electron chi connectivity index (χ3n) is 4.53. The van der Waals surface area contributed by atoms with Gasteiger partial charge in [0.2, 0.25) is 5.91 Å². The van der Waals surface area contributed by atoms with Gasteiger partial charge in [-0.15, -0.1) is 0 Å². The maximum Gasteiger partial charge on any atom is 0.307 e. The van der Waals surface area contributed by atoms with E-state index in [-0.39, 0.29) is 18.3 Å². The Kier molecular flexibility index (Phi) is 4.33. The SMILES string of the molecule is O=C1CC(C(=O)Nc2ccc(Cl)cc2Cl)C2(CCCCC2)O1. The van der Waals surface area contributed by atoms with E-state index in [1.165, 1.54) is 0 Å². The predicted octanol–water partition coefficient (Wildman–Crippen LogP) is 4.20. The van der Waals surface area contributed by atoms with Crippen LogP contribution in [0.25, 0.3) is 0 Å². The Morgan fingerprint density at radius 3 is 2.64 bits per heavy atom. The van der Waals surface area contributed by atoms with Gasteiger partial charge in [0.05, 0.1) is 23.0 Å². The molecule has 1 atom stereocenters. The second kappa shape index (κ2) is 6.09. The van der Waals surface area contributed by atoms with Crippen molar-refractivity contribution in [2.75, 3.05) is 5.32 Å². The minimum absolute atomic E-state index is 0.136. The van der Waals surface area contributed by atoms with Gasteiger partial charge in [-0.05, 0) is 43.9 Å². The lowest BCUT2D eigenvalue weighted by molar-refractivity contribution is -0.153. The van der Waals surface area contributed by atoms with Crippen LogP contribution in [0.5, 0.6) is 0 Å². The average molecular weight is 342 g/mol. The zero-order valence-electron chi connectivity index (χ0n) is 12.0. The first-order chi connectivity index (χ1) is 10.5. The lowest BCUT2D eigenvalue weighted by Crippen LogP contribution is -2.43. The van der Waals surface area contributed by atoms with E-state index in [2.05, 4.69) is 5.32 Å². The van der Waals surface area contributed by atoms with Gasteiger partial charge in [0, 0.05) is 5.02 Å². The highest BCUT2D eigenvalue weighted by Crippen LogP contribution is 2.44. The number of amides is 1. The molecule has 0 radical (unpaired) electrons. The van der Waals surface area contributed by atoms with E-state index >= 15 is 0 Å². The smallest absolute Gasteiger partial charge is 0.307 e. The van der Waals surface area contributed by atoms with E-state index in [1.54, 1.807) is 18.2 Å². The van der Waals surface area contributed by atoms with E-state index in [0.29, 0.717) is 15.7 Å². The first-order valence-corrected chi connectivity index (χ1v) is 8.23. The monoisotopic (exact) mass is 341 g/mol. The van der Waals surface area contributed by atoms with Gasteiger partial charge in [0.1, 0.15) is 5.60 Å². The van der Waals surface area contributed by atoms with Crippen molar-refractivity contribution >= 4 is 40.8 Å². The summed E-state index contributed by atoms with van der Waals surface area (Å²) in [6.07, 6.45) is 4.74. The van der Waals surface area contributed by atoms with Gasteiger partial charge in [0.15, 0.2) is 0 Å². The molecule has 1 spiro atoms. The molecule has 1 saturated carbocycles. The molecule has 3 rings (SSSR count). The van der Waals surface area contributed by atoms with Crippen LogP contribution >= 0.6 is 23.2 Å². The predicted molar refractivity (Wildman–Crippen MR) is 85.1 cm³/mol.